The van der Waals surface area contributed by atoms with Gasteiger partial charge in [0, 0.05) is 31.0 Å². The molecule has 0 spiro atoms. The Morgan fingerprint density at radius 2 is 1.84 bits per heavy atom. The summed E-state index contributed by atoms with van der Waals surface area (Å²) >= 11 is 0. The van der Waals surface area contributed by atoms with Crippen molar-refractivity contribution in [1.29, 1.82) is 0 Å². The number of carbonyl (C=O) groups excluding carboxylic acids is 1. The van der Waals surface area contributed by atoms with Crippen LogP contribution in [0.5, 0.6) is 11.5 Å². The normalized spacial score (nSPS) is 10.5. The van der Waals surface area contributed by atoms with Crippen molar-refractivity contribution in [2.24, 2.45) is 0 Å². The van der Waals surface area contributed by atoms with Gasteiger partial charge in [0.15, 0.2) is 0 Å². The third kappa shape index (κ3) is 6.04. The number of amides is 2. The summed E-state index contributed by atoms with van der Waals surface area (Å²) in [4.78, 5) is 15.0. The minimum Gasteiger partial charge on any atom is -0.497 e. The number of methoxy groups -OCH3 is 2. The fourth-order valence-electron chi connectivity index (χ4n) is 3.42. The molecule has 1 heterocycles. The number of aromatic nitrogens is 1. The molecule has 3 aromatic rings. The zero-order valence-corrected chi connectivity index (χ0v) is 18.5. The van der Waals surface area contributed by atoms with E-state index in [4.69, 9.17) is 9.47 Å². The van der Waals surface area contributed by atoms with Crippen LogP contribution in [0.4, 0.5) is 10.5 Å². The fourth-order valence-corrected chi connectivity index (χ4v) is 3.42. The molecule has 0 saturated carbocycles. The van der Waals surface area contributed by atoms with Crippen LogP contribution in [0, 0.1) is 0 Å². The van der Waals surface area contributed by atoms with E-state index in [1.54, 1.807) is 32.4 Å². The number of carbonyl (C=O) groups is 1. The van der Waals surface area contributed by atoms with Crippen molar-refractivity contribution in [3.63, 3.8) is 0 Å². The third-order valence-corrected chi connectivity index (χ3v) is 5.19. The zero-order chi connectivity index (χ0) is 22.1. The topological polar surface area (TPSA) is 55.7 Å². The van der Waals surface area contributed by atoms with Crippen molar-refractivity contribution in [1.82, 2.24) is 9.47 Å². The number of hydrogen-bond acceptors (Lipinski definition) is 3. The first kappa shape index (κ1) is 22.3. The number of unbranched alkanes of at least 4 members (excludes halogenated alkanes) is 1. The Hall–Kier alpha value is -3.41. The van der Waals surface area contributed by atoms with E-state index in [2.05, 4.69) is 41.2 Å². The average molecular weight is 422 g/mol. The van der Waals surface area contributed by atoms with Crippen LogP contribution in [0.25, 0.3) is 0 Å². The molecule has 0 aliphatic rings. The lowest BCUT2D eigenvalue weighted by Gasteiger charge is -2.24. The molecule has 164 valence electrons. The van der Waals surface area contributed by atoms with Crippen LogP contribution in [0.15, 0.2) is 66.9 Å². The molecule has 6 nitrogen and oxygen atoms in total. The first-order valence-corrected chi connectivity index (χ1v) is 10.6. The number of rotatable bonds is 10. The van der Waals surface area contributed by atoms with Crippen molar-refractivity contribution < 1.29 is 14.3 Å². The summed E-state index contributed by atoms with van der Waals surface area (Å²) in [5.74, 6) is 1.24. The van der Waals surface area contributed by atoms with E-state index in [1.807, 2.05) is 29.2 Å². The predicted molar refractivity (Wildman–Crippen MR) is 124 cm³/mol. The summed E-state index contributed by atoms with van der Waals surface area (Å²) in [7, 11) is 3.18. The number of nitrogens with one attached hydrogen (secondary N) is 1. The lowest BCUT2D eigenvalue weighted by molar-refractivity contribution is 0.206. The number of benzene rings is 2. The molecule has 6 heteroatoms. The predicted octanol–water partition coefficient (Wildman–Crippen LogP) is 5.39. The molecule has 1 N–H and O–H groups in total. The van der Waals surface area contributed by atoms with Gasteiger partial charge in [-0.3, -0.25) is 0 Å². The highest BCUT2D eigenvalue weighted by molar-refractivity contribution is 5.91. The van der Waals surface area contributed by atoms with E-state index >= 15 is 0 Å². The molecule has 0 saturated heterocycles. The largest absolute Gasteiger partial charge is 0.497 e. The molecule has 0 radical (unpaired) electrons. The number of anilines is 1. The lowest BCUT2D eigenvalue weighted by Crippen LogP contribution is -2.36. The number of hydrogen-bond donors (Lipinski definition) is 1. The van der Waals surface area contributed by atoms with Gasteiger partial charge in [-0.25, -0.2) is 4.79 Å². The molecular formula is C25H31N3O3. The first-order chi connectivity index (χ1) is 15.1. The quantitative estimate of drug-likeness (QED) is 0.478. The smallest absolute Gasteiger partial charge is 0.322 e. The van der Waals surface area contributed by atoms with Crippen LogP contribution in [-0.4, -0.2) is 36.3 Å². The van der Waals surface area contributed by atoms with Gasteiger partial charge >= 0.3 is 6.03 Å². The summed E-state index contributed by atoms with van der Waals surface area (Å²) in [6.07, 6.45) is 4.01. The van der Waals surface area contributed by atoms with Crippen LogP contribution in [0.1, 0.15) is 31.0 Å². The SMILES string of the molecule is CCCCN(Cc1cccn1Cc1ccccc1)C(=O)Nc1ccc(OC)cc1OC. The second kappa shape index (κ2) is 11.1. The van der Waals surface area contributed by atoms with Gasteiger partial charge in [0.05, 0.1) is 26.5 Å². The van der Waals surface area contributed by atoms with Gasteiger partial charge < -0.3 is 24.3 Å². The Bertz CT molecular complexity index is 969. The number of urea groups is 1. The van der Waals surface area contributed by atoms with Crippen LogP contribution in [0.2, 0.25) is 0 Å². The Kier molecular flexibility index (Phi) is 7.98. The summed E-state index contributed by atoms with van der Waals surface area (Å²) in [5.41, 5.74) is 2.94. The summed E-state index contributed by atoms with van der Waals surface area (Å²) in [5, 5.41) is 3.00. The molecule has 0 bridgehead atoms. The zero-order valence-electron chi connectivity index (χ0n) is 18.5. The molecule has 0 aliphatic heterocycles. The van der Waals surface area contributed by atoms with E-state index < -0.39 is 0 Å². The van der Waals surface area contributed by atoms with Gasteiger partial charge in [-0.2, -0.15) is 0 Å². The van der Waals surface area contributed by atoms with E-state index in [1.165, 1.54) is 5.56 Å². The van der Waals surface area contributed by atoms with Gasteiger partial charge in [0.1, 0.15) is 11.5 Å². The molecule has 0 atom stereocenters. The van der Waals surface area contributed by atoms with E-state index in [0.29, 0.717) is 30.3 Å². The van der Waals surface area contributed by atoms with Crippen LogP contribution < -0.4 is 14.8 Å². The minimum atomic E-state index is -0.149. The van der Waals surface area contributed by atoms with Gasteiger partial charge in [-0.1, -0.05) is 43.7 Å². The third-order valence-electron chi connectivity index (χ3n) is 5.19. The molecular weight excluding hydrogens is 390 g/mol. The van der Waals surface area contributed by atoms with Crippen LogP contribution in [-0.2, 0) is 13.1 Å². The van der Waals surface area contributed by atoms with Gasteiger partial charge in [-0.15, -0.1) is 0 Å². The van der Waals surface area contributed by atoms with Crippen molar-refractivity contribution in [3.05, 3.63) is 78.1 Å². The molecule has 31 heavy (non-hydrogen) atoms. The average Bonchev–Trinajstić information content (AvgIpc) is 3.23. The Morgan fingerprint density at radius 3 is 2.55 bits per heavy atom. The van der Waals surface area contributed by atoms with Crippen molar-refractivity contribution >= 4 is 11.7 Å². The second-order valence-electron chi connectivity index (χ2n) is 7.38. The monoisotopic (exact) mass is 421 g/mol. The molecule has 0 aliphatic carbocycles. The maximum atomic E-state index is 13.2. The minimum absolute atomic E-state index is 0.149. The number of ether oxygens (including phenoxy) is 2. The highest BCUT2D eigenvalue weighted by atomic mass is 16.5. The maximum absolute atomic E-state index is 13.2. The van der Waals surface area contributed by atoms with Crippen molar-refractivity contribution in [3.8, 4) is 11.5 Å². The lowest BCUT2D eigenvalue weighted by atomic mass is 10.2. The standard InChI is InChI=1S/C25H31N3O3/c1-4-5-15-28(25(29)26-23-14-13-22(30-2)17-24(23)31-3)19-21-12-9-16-27(21)18-20-10-7-6-8-11-20/h6-14,16-17H,4-5,15,18-19H2,1-3H3,(H,26,29). The van der Waals surface area contributed by atoms with Gasteiger partial charge in [-0.05, 0) is 36.2 Å². The Labute approximate surface area is 184 Å². The maximum Gasteiger partial charge on any atom is 0.322 e. The summed E-state index contributed by atoms with van der Waals surface area (Å²) < 4.78 is 12.9. The highest BCUT2D eigenvalue weighted by Crippen LogP contribution is 2.29. The molecule has 0 fully saturated rings. The molecule has 2 aromatic carbocycles. The summed E-state index contributed by atoms with van der Waals surface area (Å²) in [6, 6.07) is 19.6. The molecule has 1 aromatic heterocycles. The van der Waals surface area contributed by atoms with Gasteiger partial charge in [0.2, 0.25) is 0 Å². The molecule has 2 amide bonds. The highest BCUT2D eigenvalue weighted by Gasteiger charge is 2.17. The Balaban J connectivity index is 1.75. The van der Waals surface area contributed by atoms with E-state index in [0.717, 1.165) is 25.1 Å². The Morgan fingerprint density at radius 1 is 1.03 bits per heavy atom. The van der Waals surface area contributed by atoms with Crippen molar-refractivity contribution in [2.75, 3.05) is 26.1 Å². The first-order valence-electron chi connectivity index (χ1n) is 10.6. The fraction of sp³-hybridized carbons (Fsp3) is 0.320. The second-order valence-corrected chi connectivity index (χ2v) is 7.38. The molecule has 0 unspecified atom stereocenters. The number of nitrogens with zero attached hydrogens (tertiary/aromatic N) is 2. The van der Waals surface area contributed by atoms with E-state index in [9.17, 15) is 4.79 Å². The van der Waals surface area contributed by atoms with E-state index in [-0.39, 0.29) is 6.03 Å². The summed E-state index contributed by atoms with van der Waals surface area (Å²) in [6.45, 7) is 4.11. The van der Waals surface area contributed by atoms with Crippen LogP contribution in [0.3, 0.4) is 0 Å². The van der Waals surface area contributed by atoms with Crippen molar-refractivity contribution in [2.45, 2.75) is 32.9 Å². The van der Waals surface area contributed by atoms with Gasteiger partial charge in [0.25, 0.3) is 0 Å². The van der Waals surface area contributed by atoms with Crippen LogP contribution >= 0.6 is 0 Å². The molecule has 3 rings (SSSR count).